The normalized spacial score (nSPS) is 22.5. The van der Waals surface area contributed by atoms with Gasteiger partial charge in [-0.05, 0) is 43.5 Å². The number of rotatable bonds is 4. The summed E-state index contributed by atoms with van der Waals surface area (Å²) in [7, 11) is -3.71. The second kappa shape index (κ2) is 5.86. The summed E-state index contributed by atoms with van der Waals surface area (Å²) in [5, 5.41) is 10.7. The number of hydrogen-bond acceptors (Lipinski definition) is 4. The Kier molecular flexibility index (Phi) is 4.07. The minimum atomic E-state index is -3.71. The molecule has 1 atom stereocenters. The molecule has 1 aliphatic heterocycles. The molecule has 2 fully saturated rings. The average Bonchev–Trinajstić information content (AvgIpc) is 3.19. The fraction of sp³-hybridized carbons (Fsp3) is 0.500. The van der Waals surface area contributed by atoms with Gasteiger partial charge in [-0.1, -0.05) is 0 Å². The first kappa shape index (κ1) is 15.3. The molecule has 2 amide bonds. The molecule has 7 nitrogen and oxygen atoms in total. The monoisotopic (exact) mass is 324 g/mol. The van der Waals surface area contributed by atoms with Crippen LogP contribution in [0.3, 0.4) is 0 Å². The predicted molar refractivity (Wildman–Crippen MR) is 83.0 cm³/mol. The van der Waals surface area contributed by atoms with Gasteiger partial charge in [-0.2, -0.15) is 0 Å². The molecule has 120 valence electrons. The van der Waals surface area contributed by atoms with Crippen LogP contribution in [-0.4, -0.2) is 44.5 Å². The van der Waals surface area contributed by atoms with Crippen LogP contribution in [0.15, 0.2) is 29.2 Å². The maximum atomic E-state index is 12.0. The fourth-order valence-electron chi connectivity index (χ4n) is 2.76. The Labute approximate surface area is 129 Å². The van der Waals surface area contributed by atoms with E-state index in [1.807, 2.05) is 0 Å². The first-order valence-electron chi connectivity index (χ1n) is 7.36. The SMILES string of the molecule is NS(=O)(=O)c1ccc(NC(=O)N[C@H]2CCN(C3CC3)C2)cc1. The summed E-state index contributed by atoms with van der Waals surface area (Å²) in [4.78, 5) is 14.4. The molecule has 1 aromatic carbocycles. The van der Waals surface area contributed by atoms with Crippen molar-refractivity contribution in [3.63, 3.8) is 0 Å². The van der Waals surface area contributed by atoms with Crippen molar-refractivity contribution in [2.75, 3.05) is 18.4 Å². The summed E-state index contributed by atoms with van der Waals surface area (Å²) in [6.07, 6.45) is 3.51. The largest absolute Gasteiger partial charge is 0.334 e. The lowest BCUT2D eigenvalue weighted by molar-refractivity contribution is 0.247. The number of primary sulfonamides is 1. The van der Waals surface area contributed by atoms with Crippen LogP contribution in [0.4, 0.5) is 10.5 Å². The van der Waals surface area contributed by atoms with Crippen LogP contribution in [0.1, 0.15) is 19.3 Å². The molecule has 2 aliphatic rings. The molecule has 22 heavy (non-hydrogen) atoms. The van der Waals surface area contributed by atoms with Gasteiger partial charge in [0.15, 0.2) is 0 Å². The average molecular weight is 324 g/mol. The lowest BCUT2D eigenvalue weighted by Gasteiger charge is -2.16. The minimum Gasteiger partial charge on any atom is -0.334 e. The highest BCUT2D eigenvalue weighted by Crippen LogP contribution is 2.29. The lowest BCUT2D eigenvalue weighted by atomic mass is 10.3. The summed E-state index contributed by atoms with van der Waals surface area (Å²) in [5.74, 6) is 0. The van der Waals surface area contributed by atoms with Gasteiger partial charge >= 0.3 is 6.03 Å². The molecular formula is C14H20N4O3S. The topological polar surface area (TPSA) is 105 Å². The number of likely N-dealkylation sites (tertiary alicyclic amines) is 1. The molecule has 0 spiro atoms. The molecule has 0 bridgehead atoms. The van der Waals surface area contributed by atoms with Crippen molar-refractivity contribution in [3.05, 3.63) is 24.3 Å². The van der Waals surface area contributed by atoms with Crippen molar-refractivity contribution in [1.82, 2.24) is 10.2 Å². The number of nitrogens with one attached hydrogen (secondary N) is 2. The van der Waals surface area contributed by atoms with Crippen LogP contribution < -0.4 is 15.8 Å². The summed E-state index contributed by atoms with van der Waals surface area (Å²) >= 11 is 0. The summed E-state index contributed by atoms with van der Waals surface area (Å²) in [6.45, 7) is 1.95. The number of amides is 2. The van der Waals surface area contributed by atoms with Crippen LogP contribution in [0.5, 0.6) is 0 Å². The second-order valence-corrected chi connectivity index (χ2v) is 7.44. The van der Waals surface area contributed by atoms with Crippen molar-refractivity contribution in [2.24, 2.45) is 5.14 Å². The van der Waals surface area contributed by atoms with E-state index < -0.39 is 10.0 Å². The van der Waals surface area contributed by atoms with E-state index in [2.05, 4.69) is 15.5 Å². The van der Waals surface area contributed by atoms with E-state index in [1.165, 1.54) is 37.1 Å². The third kappa shape index (κ3) is 3.76. The van der Waals surface area contributed by atoms with E-state index in [1.54, 1.807) is 0 Å². The number of carbonyl (C=O) groups excluding carboxylic acids is 1. The number of benzene rings is 1. The maximum absolute atomic E-state index is 12.0. The maximum Gasteiger partial charge on any atom is 0.319 e. The third-order valence-electron chi connectivity index (χ3n) is 4.06. The number of nitrogens with zero attached hydrogens (tertiary/aromatic N) is 1. The van der Waals surface area contributed by atoms with Crippen LogP contribution >= 0.6 is 0 Å². The Morgan fingerprint density at radius 1 is 1.18 bits per heavy atom. The Balaban J connectivity index is 1.51. The first-order valence-corrected chi connectivity index (χ1v) is 8.91. The van der Waals surface area contributed by atoms with Crippen molar-refractivity contribution in [2.45, 2.75) is 36.2 Å². The van der Waals surface area contributed by atoms with E-state index >= 15 is 0 Å². The van der Waals surface area contributed by atoms with Crippen molar-refractivity contribution in [3.8, 4) is 0 Å². The van der Waals surface area contributed by atoms with Crippen LogP contribution in [0, 0.1) is 0 Å². The molecule has 0 radical (unpaired) electrons. The van der Waals surface area contributed by atoms with E-state index in [0.717, 1.165) is 25.6 Å². The number of sulfonamides is 1. The molecule has 8 heteroatoms. The Morgan fingerprint density at radius 3 is 2.45 bits per heavy atom. The molecule has 1 aliphatic carbocycles. The molecule has 0 aromatic heterocycles. The minimum absolute atomic E-state index is 0.0225. The molecule has 1 heterocycles. The van der Waals surface area contributed by atoms with E-state index in [4.69, 9.17) is 5.14 Å². The van der Waals surface area contributed by atoms with Crippen molar-refractivity contribution in [1.29, 1.82) is 0 Å². The van der Waals surface area contributed by atoms with Gasteiger partial charge < -0.3 is 10.6 Å². The number of anilines is 1. The van der Waals surface area contributed by atoms with Crippen LogP contribution in [0.25, 0.3) is 0 Å². The number of nitrogens with two attached hydrogens (primary N) is 1. The summed E-state index contributed by atoms with van der Waals surface area (Å²) < 4.78 is 22.3. The molecule has 1 saturated carbocycles. The molecule has 1 aromatic rings. The summed E-state index contributed by atoms with van der Waals surface area (Å²) in [6, 6.07) is 6.40. The van der Waals surface area contributed by atoms with E-state index in [-0.39, 0.29) is 17.0 Å². The van der Waals surface area contributed by atoms with Gasteiger partial charge in [0.1, 0.15) is 0 Å². The van der Waals surface area contributed by atoms with E-state index in [9.17, 15) is 13.2 Å². The van der Waals surface area contributed by atoms with Gasteiger partial charge in [-0.15, -0.1) is 0 Å². The van der Waals surface area contributed by atoms with Crippen LogP contribution in [0.2, 0.25) is 0 Å². The van der Waals surface area contributed by atoms with Gasteiger partial charge in [-0.3, -0.25) is 4.90 Å². The van der Waals surface area contributed by atoms with E-state index in [0.29, 0.717) is 5.69 Å². The highest BCUT2D eigenvalue weighted by atomic mass is 32.2. The Bertz CT molecular complexity index is 655. The zero-order valence-electron chi connectivity index (χ0n) is 12.2. The van der Waals surface area contributed by atoms with Gasteiger partial charge in [0.25, 0.3) is 0 Å². The van der Waals surface area contributed by atoms with Crippen LogP contribution in [-0.2, 0) is 10.0 Å². The number of hydrogen-bond donors (Lipinski definition) is 3. The second-order valence-electron chi connectivity index (χ2n) is 5.88. The number of carbonyl (C=O) groups is 1. The Hall–Kier alpha value is -1.64. The molecule has 1 saturated heterocycles. The predicted octanol–water partition coefficient (Wildman–Crippen LogP) is 0.692. The zero-order chi connectivity index (χ0) is 15.7. The highest BCUT2D eigenvalue weighted by molar-refractivity contribution is 7.89. The Morgan fingerprint density at radius 2 is 1.86 bits per heavy atom. The van der Waals surface area contributed by atoms with Gasteiger partial charge in [0.2, 0.25) is 10.0 Å². The molecule has 3 rings (SSSR count). The van der Waals surface area contributed by atoms with Crippen molar-refractivity contribution < 1.29 is 13.2 Å². The lowest BCUT2D eigenvalue weighted by Crippen LogP contribution is -2.40. The zero-order valence-corrected chi connectivity index (χ0v) is 13.0. The molecule has 4 N–H and O–H groups in total. The smallest absolute Gasteiger partial charge is 0.319 e. The standard InChI is InChI=1S/C14H20N4O3S/c15-22(20,21)13-5-1-10(2-6-13)16-14(19)17-11-7-8-18(9-11)12-3-4-12/h1-2,5-6,11-12H,3-4,7-9H2,(H2,15,20,21)(H2,16,17,19)/t11-/m0/s1. The number of urea groups is 1. The van der Waals surface area contributed by atoms with Gasteiger partial charge in [-0.25, -0.2) is 18.4 Å². The van der Waals surface area contributed by atoms with Crippen molar-refractivity contribution >= 4 is 21.7 Å². The molecule has 0 unspecified atom stereocenters. The first-order chi connectivity index (χ1) is 10.4. The quantitative estimate of drug-likeness (QED) is 0.758. The fourth-order valence-corrected chi connectivity index (χ4v) is 3.27. The third-order valence-corrected chi connectivity index (χ3v) is 4.99. The summed E-state index contributed by atoms with van der Waals surface area (Å²) in [5.41, 5.74) is 0.530. The van der Waals surface area contributed by atoms with Gasteiger partial charge in [0.05, 0.1) is 4.90 Å². The molecular weight excluding hydrogens is 304 g/mol. The highest BCUT2D eigenvalue weighted by Gasteiger charge is 2.34. The van der Waals surface area contributed by atoms with Gasteiger partial charge in [0, 0.05) is 30.9 Å².